The largest absolute Gasteiger partial charge is 0.466 e. The maximum absolute atomic E-state index is 12.4. The molecular formula is C38H52N2O4S. The number of carbonyl (C=O) groups excluding carboxylic acids is 2. The SMILES string of the molecule is CCOC(=O)C1([C@H]2CN(C(C)c3ccccc3)C(=S)C2C)CC1.CCOC(=O)C1([C@H]2CN(C(C)c3ccccc3)CC2C)CC1. The van der Waals surface area contributed by atoms with Gasteiger partial charge in [0.05, 0.1) is 35.1 Å². The molecule has 2 saturated heterocycles. The van der Waals surface area contributed by atoms with Crippen molar-refractivity contribution in [3.8, 4) is 0 Å². The number of rotatable bonds is 10. The van der Waals surface area contributed by atoms with Crippen LogP contribution in [0.5, 0.6) is 0 Å². The molecule has 2 aliphatic carbocycles. The van der Waals surface area contributed by atoms with Crippen molar-refractivity contribution < 1.29 is 19.1 Å². The van der Waals surface area contributed by atoms with E-state index in [1.54, 1.807) is 0 Å². The van der Waals surface area contributed by atoms with Crippen LogP contribution in [0.3, 0.4) is 0 Å². The number of ether oxygens (including phenoxy) is 2. The molecule has 0 amide bonds. The quantitative estimate of drug-likeness (QED) is 0.197. The van der Waals surface area contributed by atoms with Crippen molar-refractivity contribution in [3.05, 3.63) is 71.8 Å². The lowest BCUT2D eigenvalue weighted by atomic mass is 9.82. The second-order valence-corrected chi connectivity index (χ2v) is 14.3. The van der Waals surface area contributed by atoms with Crippen LogP contribution >= 0.6 is 12.2 Å². The lowest BCUT2D eigenvalue weighted by Gasteiger charge is -2.28. The number of hydrogen-bond acceptors (Lipinski definition) is 6. The van der Waals surface area contributed by atoms with Crippen LogP contribution in [0.15, 0.2) is 60.7 Å². The van der Waals surface area contributed by atoms with E-state index in [0.717, 1.165) is 50.3 Å². The minimum atomic E-state index is -0.287. The van der Waals surface area contributed by atoms with E-state index in [-0.39, 0.29) is 40.6 Å². The molecule has 2 heterocycles. The topological polar surface area (TPSA) is 59.1 Å². The van der Waals surface area contributed by atoms with Gasteiger partial charge in [-0.1, -0.05) is 86.7 Å². The number of thiocarbonyl (C=S) groups is 1. The smallest absolute Gasteiger partial charge is 0.312 e. The molecule has 4 aliphatic rings. The van der Waals surface area contributed by atoms with Crippen molar-refractivity contribution in [2.75, 3.05) is 32.8 Å². The molecule has 2 aliphatic heterocycles. The summed E-state index contributed by atoms with van der Waals surface area (Å²) >= 11 is 5.74. The highest BCUT2D eigenvalue weighted by atomic mass is 32.1. The van der Waals surface area contributed by atoms with Gasteiger partial charge in [-0.3, -0.25) is 14.5 Å². The zero-order valence-corrected chi connectivity index (χ0v) is 28.9. The summed E-state index contributed by atoms with van der Waals surface area (Å²) in [6, 6.07) is 21.7. The number of benzene rings is 2. The second-order valence-electron chi connectivity index (χ2n) is 13.8. The van der Waals surface area contributed by atoms with E-state index in [9.17, 15) is 9.59 Å². The Morgan fingerprint density at radius 1 is 0.756 bits per heavy atom. The molecule has 6 atom stereocenters. The standard InChI is InChI=1S/C19H25NO2S.C19H27NO2/c1-4-22-18(21)19(10-11-19)16-12-20(17(23)13(16)2)14(3)15-8-6-5-7-9-15;1-4-22-18(21)19(10-11-19)17-13-20(12-14(17)2)15(3)16-8-6-5-7-9-16/h5-9,13-14,16H,4,10-12H2,1-3H3;5-9,14-15,17H,4,10-13H2,1-3H3/t13?,14?,16-;14?,15?,17-/m00/s1. The summed E-state index contributed by atoms with van der Waals surface area (Å²) in [4.78, 5) is 30.6. The number of likely N-dealkylation sites (tertiary alicyclic amines) is 2. The lowest BCUT2D eigenvalue weighted by molar-refractivity contribution is -0.153. The number of carbonyl (C=O) groups is 2. The van der Waals surface area contributed by atoms with E-state index in [1.807, 2.05) is 19.9 Å². The predicted octanol–water partition coefficient (Wildman–Crippen LogP) is 7.65. The minimum Gasteiger partial charge on any atom is -0.466 e. The molecular weight excluding hydrogens is 580 g/mol. The maximum atomic E-state index is 12.4. The third-order valence-electron chi connectivity index (χ3n) is 11.3. The van der Waals surface area contributed by atoms with Gasteiger partial charge >= 0.3 is 11.9 Å². The monoisotopic (exact) mass is 632 g/mol. The summed E-state index contributed by atoms with van der Waals surface area (Å²) in [5.74, 6) is 1.55. The zero-order chi connectivity index (χ0) is 32.4. The van der Waals surface area contributed by atoms with Crippen LogP contribution < -0.4 is 0 Å². The molecule has 244 valence electrons. The second kappa shape index (κ2) is 13.9. The molecule has 6 rings (SSSR count). The molecule has 2 saturated carbocycles. The Bertz CT molecular complexity index is 1330. The molecule has 2 aromatic rings. The Kier molecular flexibility index (Phi) is 10.4. The molecule has 0 spiro atoms. The summed E-state index contributed by atoms with van der Waals surface area (Å²) in [5, 5.41) is 0. The maximum Gasteiger partial charge on any atom is 0.312 e. The Balaban J connectivity index is 0.000000178. The van der Waals surface area contributed by atoms with Gasteiger partial charge in [0.15, 0.2) is 0 Å². The van der Waals surface area contributed by atoms with E-state index in [2.05, 4.69) is 92.1 Å². The fraction of sp³-hybridized carbons (Fsp3) is 0.605. The van der Waals surface area contributed by atoms with Crippen LogP contribution in [-0.2, 0) is 19.1 Å². The highest BCUT2D eigenvalue weighted by Gasteiger charge is 2.62. The van der Waals surface area contributed by atoms with Crippen LogP contribution in [0.25, 0.3) is 0 Å². The summed E-state index contributed by atoms with van der Waals surface area (Å²) < 4.78 is 10.7. The predicted molar refractivity (Wildman–Crippen MR) is 182 cm³/mol. The summed E-state index contributed by atoms with van der Waals surface area (Å²) in [7, 11) is 0. The van der Waals surface area contributed by atoms with E-state index in [4.69, 9.17) is 21.7 Å². The first-order valence-corrected chi connectivity index (χ1v) is 17.5. The average Bonchev–Trinajstić information content (AvgIpc) is 3.98. The first-order chi connectivity index (χ1) is 21.6. The van der Waals surface area contributed by atoms with Crippen molar-refractivity contribution in [1.82, 2.24) is 9.80 Å². The third-order valence-corrected chi connectivity index (χ3v) is 11.9. The molecule has 0 radical (unpaired) electrons. The van der Waals surface area contributed by atoms with Crippen LogP contribution in [0.2, 0.25) is 0 Å². The molecule has 4 fully saturated rings. The van der Waals surface area contributed by atoms with E-state index in [1.165, 1.54) is 11.1 Å². The van der Waals surface area contributed by atoms with E-state index < -0.39 is 0 Å². The number of nitrogens with zero attached hydrogens (tertiary/aromatic N) is 2. The normalized spacial score (nSPS) is 27.6. The van der Waals surface area contributed by atoms with Crippen molar-refractivity contribution in [2.45, 2.75) is 79.3 Å². The molecule has 0 aromatic heterocycles. The van der Waals surface area contributed by atoms with Gasteiger partial charge in [-0.2, -0.15) is 0 Å². The number of hydrogen-bond donors (Lipinski definition) is 0. The van der Waals surface area contributed by atoms with Crippen LogP contribution in [-0.4, -0.2) is 59.6 Å². The fourth-order valence-electron chi connectivity index (χ4n) is 8.06. The molecule has 2 aromatic carbocycles. The van der Waals surface area contributed by atoms with Crippen molar-refractivity contribution in [3.63, 3.8) is 0 Å². The van der Waals surface area contributed by atoms with Crippen LogP contribution in [0.4, 0.5) is 0 Å². The van der Waals surface area contributed by atoms with Gasteiger partial charge in [-0.15, -0.1) is 0 Å². The van der Waals surface area contributed by atoms with Crippen molar-refractivity contribution in [1.29, 1.82) is 0 Å². The summed E-state index contributed by atoms with van der Waals surface area (Å²) in [6.45, 7) is 16.6. The van der Waals surface area contributed by atoms with Gasteiger partial charge in [0.25, 0.3) is 0 Å². The van der Waals surface area contributed by atoms with E-state index in [0.29, 0.717) is 31.1 Å². The van der Waals surface area contributed by atoms with Crippen LogP contribution in [0, 0.1) is 34.5 Å². The molecule has 0 bridgehead atoms. The Morgan fingerprint density at radius 2 is 1.22 bits per heavy atom. The Hall–Kier alpha value is -2.77. The fourth-order valence-corrected chi connectivity index (χ4v) is 8.46. The molecule has 0 N–H and O–H groups in total. The highest BCUT2D eigenvalue weighted by Crippen LogP contribution is 2.59. The van der Waals surface area contributed by atoms with Gasteiger partial charge in [-0.05, 0) is 76.3 Å². The summed E-state index contributed by atoms with van der Waals surface area (Å²) in [6.07, 6.45) is 3.90. The molecule has 7 heteroatoms. The highest BCUT2D eigenvalue weighted by molar-refractivity contribution is 7.80. The van der Waals surface area contributed by atoms with Gasteiger partial charge < -0.3 is 14.4 Å². The lowest BCUT2D eigenvalue weighted by Crippen LogP contribution is -2.32. The molecule has 6 nitrogen and oxygen atoms in total. The molecule has 45 heavy (non-hydrogen) atoms. The first-order valence-electron chi connectivity index (χ1n) is 17.1. The first kappa shape index (κ1) is 33.6. The van der Waals surface area contributed by atoms with Crippen LogP contribution in [0.1, 0.15) is 90.4 Å². The molecule has 4 unspecified atom stereocenters. The number of esters is 2. The Morgan fingerprint density at radius 3 is 1.69 bits per heavy atom. The Labute approximate surface area is 275 Å². The summed E-state index contributed by atoms with van der Waals surface area (Å²) in [5.41, 5.74) is 2.16. The minimum absolute atomic E-state index is 0.0196. The van der Waals surface area contributed by atoms with Crippen molar-refractivity contribution in [2.24, 2.45) is 34.5 Å². The van der Waals surface area contributed by atoms with Crippen molar-refractivity contribution >= 4 is 29.1 Å². The van der Waals surface area contributed by atoms with Gasteiger partial charge in [0.1, 0.15) is 0 Å². The van der Waals surface area contributed by atoms with Gasteiger partial charge in [0, 0.05) is 37.5 Å². The van der Waals surface area contributed by atoms with Gasteiger partial charge in [-0.25, -0.2) is 0 Å². The third kappa shape index (κ3) is 6.71. The van der Waals surface area contributed by atoms with Gasteiger partial charge in [0.2, 0.25) is 0 Å². The zero-order valence-electron chi connectivity index (χ0n) is 28.0. The van der Waals surface area contributed by atoms with E-state index >= 15 is 0 Å². The average molecular weight is 633 g/mol.